The smallest absolute Gasteiger partial charge is 0.339 e. The predicted octanol–water partition coefficient (Wildman–Crippen LogP) is 5.74. The highest BCUT2D eigenvalue weighted by Crippen LogP contribution is 2.45. The molecule has 0 amide bonds. The average Bonchev–Trinajstić information content (AvgIpc) is 2.54. The molecule has 0 aliphatic heterocycles. The fourth-order valence-electron chi connectivity index (χ4n) is 2.65. The highest BCUT2D eigenvalue weighted by atomic mass is 79.9. The van der Waals surface area contributed by atoms with Crippen molar-refractivity contribution in [3.8, 4) is 16.9 Å². The summed E-state index contributed by atoms with van der Waals surface area (Å²) in [5.74, 6) is -0.726. The molecule has 0 atom stereocenters. The van der Waals surface area contributed by atoms with Crippen LogP contribution < -0.4 is 4.74 Å². The molecule has 3 rings (SSSR count). The molecule has 0 aliphatic rings. The molecule has 0 aliphatic carbocycles. The number of methoxy groups -OCH3 is 1. The molecule has 3 aromatic rings. The molecule has 0 aromatic heterocycles. The Labute approximate surface area is 150 Å². The lowest BCUT2D eigenvalue weighted by molar-refractivity contribution is 0.0693. The summed E-state index contributed by atoms with van der Waals surface area (Å²) in [7, 11) is 1.47. The second-order valence-corrected chi connectivity index (χ2v) is 6.61. The Balaban J connectivity index is 2.38. The van der Waals surface area contributed by atoms with Gasteiger partial charge in [-0.1, -0.05) is 58.4 Å². The maximum Gasteiger partial charge on any atom is 0.339 e. The molecule has 0 fully saturated rings. The third kappa shape index (κ3) is 2.75. The summed E-state index contributed by atoms with van der Waals surface area (Å²) in [5.41, 5.74) is 1.97. The Bertz CT molecular complexity index is 914. The highest BCUT2D eigenvalue weighted by molar-refractivity contribution is 9.11. The van der Waals surface area contributed by atoms with Gasteiger partial charge in [0.15, 0.2) is 0 Å². The minimum Gasteiger partial charge on any atom is -0.495 e. The lowest BCUT2D eigenvalue weighted by Gasteiger charge is -2.16. The van der Waals surface area contributed by atoms with Crippen LogP contribution in [0.2, 0.25) is 0 Å². The van der Waals surface area contributed by atoms with Crippen LogP contribution in [0.15, 0.2) is 57.5 Å². The normalized spacial score (nSPS) is 10.7. The molecule has 0 radical (unpaired) electrons. The highest BCUT2D eigenvalue weighted by Gasteiger charge is 2.22. The first-order chi connectivity index (χ1) is 11.0. The fraction of sp³-hybridized carbons (Fsp3) is 0.0556. The van der Waals surface area contributed by atoms with Gasteiger partial charge in [0.2, 0.25) is 0 Å². The Morgan fingerprint density at radius 2 is 1.78 bits per heavy atom. The number of hydrogen-bond donors (Lipinski definition) is 1. The van der Waals surface area contributed by atoms with Gasteiger partial charge in [-0.15, -0.1) is 0 Å². The van der Waals surface area contributed by atoms with Crippen LogP contribution in [0.4, 0.5) is 0 Å². The summed E-state index contributed by atoms with van der Waals surface area (Å²) in [5, 5.41) is 11.6. The van der Waals surface area contributed by atoms with Crippen molar-refractivity contribution in [2.45, 2.75) is 0 Å². The molecule has 3 aromatic carbocycles. The number of rotatable bonds is 3. The standard InChI is InChI=1S/C18H12Br2O3/c1-23-17-13(18(21)22)9-14(19)15(16(17)20)12-8-4-6-10-5-2-3-7-11(10)12/h2-9H,1H3,(H,21,22). The summed E-state index contributed by atoms with van der Waals surface area (Å²) in [6.07, 6.45) is 0. The second kappa shape index (κ2) is 6.34. The molecule has 0 bridgehead atoms. The van der Waals surface area contributed by atoms with E-state index < -0.39 is 5.97 Å². The van der Waals surface area contributed by atoms with Crippen molar-refractivity contribution in [2.24, 2.45) is 0 Å². The third-order valence-corrected chi connectivity index (χ3v) is 5.05. The molecule has 3 nitrogen and oxygen atoms in total. The van der Waals surface area contributed by atoms with Gasteiger partial charge in [-0.3, -0.25) is 0 Å². The van der Waals surface area contributed by atoms with E-state index in [1.165, 1.54) is 7.11 Å². The first-order valence-electron chi connectivity index (χ1n) is 6.82. The van der Waals surface area contributed by atoms with Gasteiger partial charge in [0.1, 0.15) is 11.3 Å². The summed E-state index contributed by atoms with van der Waals surface area (Å²) in [4.78, 5) is 11.4. The van der Waals surface area contributed by atoms with Crippen LogP contribution in [-0.2, 0) is 0 Å². The summed E-state index contributed by atoms with van der Waals surface area (Å²) in [6, 6.07) is 15.7. The number of aromatic carboxylic acids is 1. The van der Waals surface area contributed by atoms with Gasteiger partial charge in [0, 0.05) is 10.0 Å². The van der Waals surface area contributed by atoms with E-state index in [1.807, 2.05) is 42.5 Å². The Hall–Kier alpha value is -1.85. The van der Waals surface area contributed by atoms with E-state index >= 15 is 0 Å². The minimum atomic E-state index is -1.03. The van der Waals surface area contributed by atoms with Gasteiger partial charge < -0.3 is 9.84 Å². The van der Waals surface area contributed by atoms with Crippen molar-refractivity contribution in [1.82, 2.24) is 0 Å². The van der Waals surface area contributed by atoms with Crippen molar-refractivity contribution >= 4 is 48.6 Å². The summed E-state index contributed by atoms with van der Waals surface area (Å²) in [6.45, 7) is 0. The van der Waals surface area contributed by atoms with Crippen molar-refractivity contribution < 1.29 is 14.6 Å². The number of fused-ring (bicyclic) bond motifs is 1. The molecule has 0 saturated heterocycles. The molecule has 23 heavy (non-hydrogen) atoms. The molecule has 116 valence electrons. The lowest BCUT2D eigenvalue weighted by atomic mass is 9.97. The van der Waals surface area contributed by atoms with Crippen molar-refractivity contribution in [3.05, 3.63) is 63.0 Å². The Morgan fingerprint density at radius 3 is 2.48 bits per heavy atom. The molecular formula is C18H12Br2O3. The fourth-order valence-corrected chi connectivity index (χ4v) is 4.36. The first kappa shape index (κ1) is 16.0. The number of benzene rings is 3. The van der Waals surface area contributed by atoms with Crippen LogP contribution in [0.25, 0.3) is 21.9 Å². The summed E-state index contributed by atoms with van der Waals surface area (Å²) < 4.78 is 6.63. The van der Waals surface area contributed by atoms with Gasteiger partial charge >= 0.3 is 5.97 Å². The van der Waals surface area contributed by atoms with Gasteiger partial charge in [0.25, 0.3) is 0 Å². The maximum atomic E-state index is 11.4. The van der Waals surface area contributed by atoms with Crippen molar-refractivity contribution in [3.63, 3.8) is 0 Å². The monoisotopic (exact) mass is 434 g/mol. The Morgan fingerprint density at radius 1 is 1.09 bits per heavy atom. The molecule has 0 unspecified atom stereocenters. The number of halogens is 2. The van der Waals surface area contributed by atoms with E-state index in [0.717, 1.165) is 21.9 Å². The van der Waals surface area contributed by atoms with Crippen LogP contribution >= 0.6 is 31.9 Å². The predicted molar refractivity (Wildman–Crippen MR) is 98.3 cm³/mol. The van der Waals surface area contributed by atoms with E-state index in [-0.39, 0.29) is 5.56 Å². The maximum absolute atomic E-state index is 11.4. The van der Waals surface area contributed by atoms with E-state index in [4.69, 9.17) is 4.74 Å². The van der Waals surface area contributed by atoms with Crippen molar-refractivity contribution in [1.29, 1.82) is 0 Å². The quantitative estimate of drug-likeness (QED) is 0.570. The van der Waals surface area contributed by atoms with Crippen LogP contribution in [0.5, 0.6) is 5.75 Å². The second-order valence-electron chi connectivity index (χ2n) is 4.96. The Kier molecular flexibility index (Phi) is 4.41. The summed E-state index contributed by atoms with van der Waals surface area (Å²) >= 11 is 7.02. The number of carbonyl (C=O) groups is 1. The van der Waals surface area contributed by atoms with E-state index in [1.54, 1.807) is 6.07 Å². The minimum absolute atomic E-state index is 0.107. The van der Waals surface area contributed by atoms with Crippen molar-refractivity contribution in [2.75, 3.05) is 7.11 Å². The molecule has 0 saturated carbocycles. The van der Waals surface area contributed by atoms with Crippen LogP contribution in [0, 0.1) is 0 Å². The average molecular weight is 436 g/mol. The van der Waals surface area contributed by atoms with Crippen LogP contribution in [-0.4, -0.2) is 18.2 Å². The number of hydrogen-bond acceptors (Lipinski definition) is 2. The van der Waals surface area contributed by atoms with Gasteiger partial charge in [-0.25, -0.2) is 4.79 Å². The molecule has 1 N–H and O–H groups in total. The molecule has 0 spiro atoms. The third-order valence-electron chi connectivity index (χ3n) is 3.67. The topological polar surface area (TPSA) is 46.5 Å². The van der Waals surface area contributed by atoms with E-state index in [9.17, 15) is 9.90 Å². The molecule has 0 heterocycles. The first-order valence-corrected chi connectivity index (χ1v) is 8.40. The zero-order valence-electron chi connectivity index (χ0n) is 12.1. The van der Waals surface area contributed by atoms with Crippen LogP contribution in [0.1, 0.15) is 10.4 Å². The van der Waals surface area contributed by atoms with Crippen LogP contribution in [0.3, 0.4) is 0 Å². The lowest BCUT2D eigenvalue weighted by Crippen LogP contribution is -2.02. The van der Waals surface area contributed by atoms with Gasteiger partial charge in [0.05, 0.1) is 11.6 Å². The van der Waals surface area contributed by atoms with Gasteiger partial charge in [-0.2, -0.15) is 0 Å². The number of carboxylic acids is 1. The van der Waals surface area contributed by atoms with E-state index in [2.05, 4.69) is 31.9 Å². The zero-order chi connectivity index (χ0) is 16.6. The largest absolute Gasteiger partial charge is 0.495 e. The zero-order valence-corrected chi connectivity index (χ0v) is 15.3. The molecular weight excluding hydrogens is 424 g/mol. The molecule has 5 heteroatoms. The SMILES string of the molecule is COc1c(C(=O)O)cc(Br)c(-c2cccc3ccccc23)c1Br. The number of ether oxygens (including phenoxy) is 1. The number of carboxylic acid groups (broad SMARTS) is 1. The van der Waals surface area contributed by atoms with E-state index in [0.29, 0.717) is 14.7 Å². The van der Waals surface area contributed by atoms with Gasteiger partial charge in [-0.05, 0) is 38.3 Å².